The minimum atomic E-state index is -0.258. The summed E-state index contributed by atoms with van der Waals surface area (Å²) in [4.78, 5) is 4.38. The van der Waals surface area contributed by atoms with Crippen LogP contribution in [-0.2, 0) is 6.54 Å². The van der Waals surface area contributed by atoms with Gasteiger partial charge in [-0.25, -0.2) is 9.37 Å². The number of benzene rings is 2. The summed E-state index contributed by atoms with van der Waals surface area (Å²) < 4.78 is 13.3. The third-order valence-electron chi connectivity index (χ3n) is 3.42. The maximum absolute atomic E-state index is 13.3. The number of pyridine rings is 1. The van der Waals surface area contributed by atoms with Crippen LogP contribution in [-0.4, -0.2) is 4.98 Å². The van der Waals surface area contributed by atoms with Crippen LogP contribution in [0.2, 0.25) is 5.15 Å². The molecule has 3 rings (SSSR count). The molecular weight excluding hydrogens is 287 g/mol. The molecule has 2 aromatic carbocycles. The first-order valence-corrected chi connectivity index (χ1v) is 7.05. The predicted molar refractivity (Wildman–Crippen MR) is 85.2 cm³/mol. The normalized spacial score (nSPS) is 10.8. The van der Waals surface area contributed by atoms with Crippen LogP contribution in [0.4, 0.5) is 10.1 Å². The number of fused-ring (bicyclic) bond motifs is 1. The van der Waals surface area contributed by atoms with Gasteiger partial charge in [0.1, 0.15) is 11.0 Å². The minimum Gasteiger partial charge on any atom is -0.381 e. The lowest BCUT2D eigenvalue weighted by Crippen LogP contribution is -2.03. The van der Waals surface area contributed by atoms with E-state index in [0.717, 1.165) is 27.7 Å². The minimum absolute atomic E-state index is 0.258. The van der Waals surface area contributed by atoms with Crippen molar-refractivity contribution in [2.24, 2.45) is 0 Å². The molecule has 0 aliphatic rings. The summed E-state index contributed by atoms with van der Waals surface area (Å²) in [6, 6.07) is 14.5. The summed E-state index contributed by atoms with van der Waals surface area (Å²) >= 11 is 6.22. The molecule has 0 aliphatic carbocycles. The SMILES string of the molecule is Cc1ccc(F)cc1NCc1cc2ccccc2nc1Cl. The predicted octanol–water partition coefficient (Wildman–Crippen LogP) is 4.95. The van der Waals surface area contributed by atoms with Crippen molar-refractivity contribution in [3.8, 4) is 0 Å². The van der Waals surface area contributed by atoms with Crippen molar-refractivity contribution < 1.29 is 4.39 Å². The highest BCUT2D eigenvalue weighted by Gasteiger charge is 2.06. The van der Waals surface area contributed by atoms with E-state index in [1.807, 2.05) is 37.3 Å². The molecule has 1 aromatic heterocycles. The Bertz CT molecular complexity index is 802. The molecule has 0 saturated heterocycles. The highest BCUT2D eigenvalue weighted by atomic mass is 35.5. The van der Waals surface area contributed by atoms with Crippen molar-refractivity contribution in [2.75, 3.05) is 5.32 Å². The average molecular weight is 301 g/mol. The number of nitrogens with zero attached hydrogens (tertiary/aromatic N) is 1. The summed E-state index contributed by atoms with van der Waals surface area (Å²) in [6.45, 7) is 2.43. The first-order chi connectivity index (χ1) is 10.1. The van der Waals surface area contributed by atoms with Crippen molar-refractivity contribution in [1.29, 1.82) is 0 Å². The number of anilines is 1. The molecule has 0 aliphatic heterocycles. The molecule has 2 nitrogen and oxygen atoms in total. The number of hydrogen-bond acceptors (Lipinski definition) is 2. The third-order valence-corrected chi connectivity index (χ3v) is 3.75. The van der Waals surface area contributed by atoms with Gasteiger partial charge in [-0.05, 0) is 36.8 Å². The lowest BCUT2D eigenvalue weighted by atomic mass is 10.1. The van der Waals surface area contributed by atoms with Crippen LogP contribution in [0.1, 0.15) is 11.1 Å². The van der Waals surface area contributed by atoms with Gasteiger partial charge in [0.05, 0.1) is 5.52 Å². The number of para-hydroxylation sites is 1. The summed E-state index contributed by atoms with van der Waals surface area (Å²) in [5.74, 6) is -0.258. The third kappa shape index (κ3) is 2.98. The zero-order chi connectivity index (χ0) is 14.8. The van der Waals surface area contributed by atoms with E-state index in [0.29, 0.717) is 11.7 Å². The fourth-order valence-corrected chi connectivity index (χ4v) is 2.45. The fraction of sp³-hybridized carbons (Fsp3) is 0.118. The number of nitrogens with one attached hydrogen (secondary N) is 1. The number of aromatic nitrogens is 1. The second kappa shape index (κ2) is 5.70. The molecule has 0 radical (unpaired) electrons. The Hall–Kier alpha value is -2.13. The van der Waals surface area contributed by atoms with Gasteiger partial charge in [-0.15, -0.1) is 0 Å². The number of rotatable bonds is 3. The molecule has 1 N–H and O–H groups in total. The van der Waals surface area contributed by atoms with E-state index in [-0.39, 0.29) is 5.82 Å². The van der Waals surface area contributed by atoms with E-state index in [4.69, 9.17) is 11.6 Å². The van der Waals surface area contributed by atoms with Crippen molar-refractivity contribution in [3.05, 3.63) is 70.6 Å². The summed E-state index contributed by atoms with van der Waals surface area (Å²) in [5, 5.41) is 4.72. The van der Waals surface area contributed by atoms with Crippen molar-refractivity contribution in [2.45, 2.75) is 13.5 Å². The van der Waals surface area contributed by atoms with Crippen LogP contribution >= 0.6 is 11.6 Å². The fourth-order valence-electron chi connectivity index (χ4n) is 2.24. The lowest BCUT2D eigenvalue weighted by molar-refractivity contribution is 0.628. The van der Waals surface area contributed by atoms with Gasteiger partial charge in [0.25, 0.3) is 0 Å². The van der Waals surface area contributed by atoms with E-state index < -0.39 is 0 Å². The van der Waals surface area contributed by atoms with Crippen LogP contribution in [0.3, 0.4) is 0 Å². The Balaban J connectivity index is 1.88. The van der Waals surface area contributed by atoms with E-state index in [2.05, 4.69) is 10.3 Å². The Morgan fingerprint density at radius 1 is 1.14 bits per heavy atom. The van der Waals surface area contributed by atoms with Crippen molar-refractivity contribution >= 4 is 28.2 Å². The number of halogens is 2. The van der Waals surface area contributed by atoms with Gasteiger partial charge < -0.3 is 5.32 Å². The van der Waals surface area contributed by atoms with Crippen LogP contribution in [0.15, 0.2) is 48.5 Å². The van der Waals surface area contributed by atoms with Crippen LogP contribution in [0, 0.1) is 12.7 Å². The summed E-state index contributed by atoms with van der Waals surface area (Å²) in [7, 11) is 0. The Morgan fingerprint density at radius 3 is 2.81 bits per heavy atom. The van der Waals surface area contributed by atoms with Crippen molar-refractivity contribution in [1.82, 2.24) is 4.98 Å². The first-order valence-electron chi connectivity index (χ1n) is 6.68. The molecule has 0 saturated carbocycles. The Labute approximate surface area is 127 Å². The van der Waals surface area contributed by atoms with Crippen LogP contribution in [0.25, 0.3) is 10.9 Å². The van der Waals surface area contributed by atoms with Gasteiger partial charge in [-0.3, -0.25) is 0 Å². The molecule has 0 atom stereocenters. The molecule has 106 valence electrons. The molecule has 0 unspecified atom stereocenters. The molecule has 0 spiro atoms. The van der Waals surface area contributed by atoms with Gasteiger partial charge in [-0.1, -0.05) is 35.9 Å². The molecule has 3 aromatic rings. The van der Waals surface area contributed by atoms with E-state index in [1.165, 1.54) is 12.1 Å². The molecular formula is C17H14ClFN2. The molecule has 4 heteroatoms. The quantitative estimate of drug-likeness (QED) is 0.692. The van der Waals surface area contributed by atoms with E-state index in [1.54, 1.807) is 6.07 Å². The zero-order valence-corrected chi connectivity index (χ0v) is 12.3. The topological polar surface area (TPSA) is 24.9 Å². The largest absolute Gasteiger partial charge is 0.381 e. The standard InChI is InChI=1S/C17H14ClFN2/c1-11-6-7-14(19)9-16(11)20-10-13-8-12-4-2-3-5-15(12)21-17(13)18/h2-9,20H,10H2,1H3. The summed E-state index contributed by atoms with van der Waals surface area (Å²) in [5.41, 5.74) is 3.51. The van der Waals surface area contributed by atoms with Crippen molar-refractivity contribution in [3.63, 3.8) is 0 Å². The van der Waals surface area contributed by atoms with Gasteiger partial charge >= 0.3 is 0 Å². The highest BCUT2D eigenvalue weighted by Crippen LogP contribution is 2.22. The van der Waals surface area contributed by atoms with Crippen LogP contribution < -0.4 is 5.32 Å². The lowest BCUT2D eigenvalue weighted by Gasteiger charge is -2.11. The maximum Gasteiger partial charge on any atom is 0.134 e. The Morgan fingerprint density at radius 2 is 1.95 bits per heavy atom. The Kier molecular flexibility index (Phi) is 3.76. The molecule has 1 heterocycles. The van der Waals surface area contributed by atoms with Gasteiger partial charge in [0.2, 0.25) is 0 Å². The molecule has 21 heavy (non-hydrogen) atoms. The maximum atomic E-state index is 13.3. The molecule has 0 bridgehead atoms. The molecule has 0 amide bonds. The summed E-state index contributed by atoms with van der Waals surface area (Å²) in [6.07, 6.45) is 0. The average Bonchev–Trinajstić information content (AvgIpc) is 2.48. The van der Waals surface area contributed by atoms with Gasteiger partial charge in [-0.2, -0.15) is 0 Å². The number of hydrogen-bond donors (Lipinski definition) is 1. The first kappa shape index (κ1) is 13.8. The van der Waals surface area contributed by atoms with E-state index >= 15 is 0 Å². The monoisotopic (exact) mass is 300 g/mol. The van der Waals surface area contributed by atoms with E-state index in [9.17, 15) is 4.39 Å². The van der Waals surface area contributed by atoms with Gasteiger partial charge in [0.15, 0.2) is 0 Å². The highest BCUT2D eigenvalue weighted by molar-refractivity contribution is 6.30. The smallest absolute Gasteiger partial charge is 0.134 e. The zero-order valence-electron chi connectivity index (χ0n) is 11.5. The molecule has 0 fully saturated rings. The van der Waals surface area contributed by atoms with Gasteiger partial charge in [0, 0.05) is 23.2 Å². The second-order valence-corrected chi connectivity index (χ2v) is 5.30. The van der Waals surface area contributed by atoms with Crippen LogP contribution in [0.5, 0.6) is 0 Å². The second-order valence-electron chi connectivity index (χ2n) is 4.94. The number of aryl methyl sites for hydroxylation is 1.